The van der Waals surface area contributed by atoms with Crippen molar-refractivity contribution in [1.29, 1.82) is 0 Å². The maximum absolute atomic E-state index is 13.2. The van der Waals surface area contributed by atoms with Crippen LogP contribution < -0.4 is 4.18 Å². The van der Waals surface area contributed by atoms with Crippen molar-refractivity contribution in [3.63, 3.8) is 0 Å². The molecule has 3 aromatic heterocycles. The minimum Gasteiger partial charge on any atom is -0.374 e. The van der Waals surface area contributed by atoms with Gasteiger partial charge >= 0.3 is 10.1 Å². The monoisotopic (exact) mass is 554 g/mol. The standard InChI is InChI=1S/C24H16BrFN4O4S/c1-14-4-10-17(11-5-14)35(31,32)34-22-20-18(3-2-12-27-20)23(25)29-21(22)24-28-19(33-30-24)13-15-6-8-16(26)9-7-15/h2-12H,13H2,1H3. The molecule has 3 heterocycles. The summed E-state index contributed by atoms with van der Waals surface area (Å²) in [6.45, 7) is 1.85. The van der Waals surface area contributed by atoms with Crippen molar-refractivity contribution < 1.29 is 21.5 Å². The van der Waals surface area contributed by atoms with E-state index in [0.717, 1.165) is 11.1 Å². The van der Waals surface area contributed by atoms with E-state index < -0.39 is 10.1 Å². The Morgan fingerprint density at radius 3 is 2.51 bits per heavy atom. The minimum absolute atomic E-state index is 0.0180. The van der Waals surface area contributed by atoms with Crippen LogP contribution in [0, 0.1) is 12.7 Å². The second-order valence-corrected chi connectivity index (χ2v) is 9.94. The van der Waals surface area contributed by atoms with Gasteiger partial charge in [0.1, 0.15) is 20.8 Å². The zero-order valence-electron chi connectivity index (χ0n) is 18.1. The summed E-state index contributed by atoms with van der Waals surface area (Å²) in [6, 6.07) is 15.6. The Kier molecular flexibility index (Phi) is 6.03. The molecule has 0 aliphatic heterocycles. The lowest BCUT2D eigenvalue weighted by molar-refractivity contribution is 0.385. The van der Waals surface area contributed by atoms with E-state index in [1.807, 2.05) is 6.92 Å². The van der Waals surface area contributed by atoms with Gasteiger partial charge in [-0.3, -0.25) is 4.98 Å². The zero-order chi connectivity index (χ0) is 24.6. The van der Waals surface area contributed by atoms with Gasteiger partial charge in [-0.15, -0.1) is 0 Å². The second-order valence-electron chi connectivity index (χ2n) is 7.65. The van der Waals surface area contributed by atoms with E-state index >= 15 is 0 Å². The van der Waals surface area contributed by atoms with Crippen LogP contribution in [-0.4, -0.2) is 28.5 Å². The number of hydrogen-bond donors (Lipinski definition) is 0. The number of fused-ring (bicyclic) bond motifs is 1. The first-order valence-electron chi connectivity index (χ1n) is 10.3. The lowest BCUT2D eigenvalue weighted by Crippen LogP contribution is -2.12. The van der Waals surface area contributed by atoms with Gasteiger partial charge in [-0.2, -0.15) is 13.4 Å². The average Bonchev–Trinajstić information content (AvgIpc) is 3.31. The van der Waals surface area contributed by atoms with E-state index in [1.165, 1.54) is 30.5 Å². The number of rotatable bonds is 6. The summed E-state index contributed by atoms with van der Waals surface area (Å²) in [6.07, 6.45) is 1.76. The molecule has 8 nitrogen and oxygen atoms in total. The number of nitrogens with zero attached hydrogens (tertiary/aromatic N) is 4. The lowest BCUT2D eigenvalue weighted by Gasteiger charge is -2.12. The highest BCUT2D eigenvalue weighted by atomic mass is 79.9. The first-order valence-corrected chi connectivity index (χ1v) is 12.5. The number of aromatic nitrogens is 4. The van der Waals surface area contributed by atoms with Crippen LogP contribution in [0.1, 0.15) is 17.0 Å². The van der Waals surface area contributed by atoms with Crippen LogP contribution in [-0.2, 0) is 16.5 Å². The molecule has 35 heavy (non-hydrogen) atoms. The molecule has 0 unspecified atom stereocenters. The van der Waals surface area contributed by atoms with Gasteiger partial charge in [0.2, 0.25) is 11.7 Å². The van der Waals surface area contributed by atoms with Crippen LogP contribution in [0.5, 0.6) is 5.75 Å². The van der Waals surface area contributed by atoms with Gasteiger partial charge in [0.15, 0.2) is 11.4 Å². The van der Waals surface area contributed by atoms with Crippen molar-refractivity contribution in [1.82, 2.24) is 20.1 Å². The Hall–Kier alpha value is -3.70. The third-order valence-corrected chi connectivity index (χ3v) is 6.96. The Morgan fingerprint density at radius 1 is 1.03 bits per heavy atom. The molecule has 5 aromatic rings. The van der Waals surface area contributed by atoms with Crippen molar-refractivity contribution in [2.45, 2.75) is 18.2 Å². The molecule has 0 saturated heterocycles. The quantitative estimate of drug-likeness (QED) is 0.207. The summed E-state index contributed by atoms with van der Waals surface area (Å²) in [4.78, 5) is 13.1. The second kappa shape index (κ2) is 9.16. The van der Waals surface area contributed by atoms with Crippen molar-refractivity contribution in [2.75, 3.05) is 0 Å². The van der Waals surface area contributed by atoms with Gasteiger partial charge in [-0.25, -0.2) is 9.37 Å². The minimum atomic E-state index is -4.23. The molecule has 0 radical (unpaired) electrons. The van der Waals surface area contributed by atoms with Crippen LogP contribution >= 0.6 is 15.9 Å². The fourth-order valence-electron chi connectivity index (χ4n) is 3.37. The molecule has 0 N–H and O–H groups in total. The molecule has 0 saturated carbocycles. The van der Waals surface area contributed by atoms with Crippen molar-refractivity contribution in [2.24, 2.45) is 0 Å². The third kappa shape index (κ3) is 4.77. The summed E-state index contributed by atoms with van der Waals surface area (Å²) in [7, 11) is -4.23. The zero-order valence-corrected chi connectivity index (χ0v) is 20.5. The van der Waals surface area contributed by atoms with Crippen LogP contribution in [0.25, 0.3) is 22.4 Å². The van der Waals surface area contributed by atoms with Gasteiger partial charge < -0.3 is 8.71 Å². The molecule has 0 amide bonds. The predicted molar refractivity (Wildman–Crippen MR) is 129 cm³/mol. The molecular formula is C24H16BrFN4O4S. The Morgan fingerprint density at radius 2 is 1.77 bits per heavy atom. The third-order valence-electron chi connectivity index (χ3n) is 5.12. The lowest BCUT2D eigenvalue weighted by atomic mass is 10.1. The van der Waals surface area contributed by atoms with Gasteiger partial charge in [0.25, 0.3) is 0 Å². The highest BCUT2D eigenvalue weighted by molar-refractivity contribution is 9.10. The van der Waals surface area contributed by atoms with Crippen LogP contribution in [0.15, 0.2) is 80.9 Å². The number of hydrogen-bond acceptors (Lipinski definition) is 8. The topological polar surface area (TPSA) is 108 Å². The predicted octanol–water partition coefficient (Wildman–Crippen LogP) is 5.25. The number of aryl methyl sites for hydroxylation is 1. The Balaban J connectivity index is 1.59. The Bertz CT molecular complexity index is 1640. The summed E-state index contributed by atoms with van der Waals surface area (Å²) in [5.74, 6) is -0.227. The number of halogens is 2. The molecule has 0 aliphatic carbocycles. The van der Waals surface area contributed by atoms with E-state index in [0.29, 0.717) is 9.99 Å². The molecule has 11 heteroatoms. The van der Waals surface area contributed by atoms with Crippen LogP contribution in [0.4, 0.5) is 4.39 Å². The first kappa shape index (κ1) is 23.1. The van der Waals surface area contributed by atoms with E-state index in [-0.39, 0.29) is 45.8 Å². The molecule has 0 fully saturated rings. The van der Waals surface area contributed by atoms with Gasteiger partial charge in [0, 0.05) is 11.6 Å². The van der Waals surface area contributed by atoms with Crippen LogP contribution in [0.2, 0.25) is 0 Å². The van der Waals surface area contributed by atoms with Crippen molar-refractivity contribution in [3.05, 3.63) is 94.3 Å². The molecule has 176 valence electrons. The fraction of sp³-hybridized carbons (Fsp3) is 0.0833. The van der Waals surface area contributed by atoms with Gasteiger partial charge in [-0.05, 0) is 64.8 Å². The van der Waals surface area contributed by atoms with E-state index in [1.54, 1.807) is 36.4 Å². The summed E-state index contributed by atoms with van der Waals surface area (Å²) in [5, 5.41) is 4.52. The van der Waals surface area contributed by atoms with E-state index in [4.69, 9.17) is 8.71 Å². The van der Waals surface area contributed by atoms with E-state index in [9.17, 15) is 12.8 Å². The normalized spacial score (nSPS) is 11.6. The van der Waals surface area contributed by atoms with Crippen molar-refractivity contribution in [3.8, 4) is 17.3 Å². The smallest absolute Gasteiger partial charge is 0.339 e. The summed E-state index contributed by atoms with van der Waals surface area (Å²) < 4.78 is 50.8. The van der Waals surface area contributed by atoms with Gasteiger partial charge in [0.05, 0.1) is 6.42 Å². The molecule has 0 bridgehead atoms. The summed E-state index contributed by atoms with van der Waals surface area (Å²) >= 11 is 3.40. The maximum Gasteiger partial charge on any atom is 0.339 e. The van der Waals surface area contributed by atoms with E-state index in [2.05, 4.69) is 36.0 Å². The van der Waals surface area contributed by atoms with Crippen LogP contribution in [0.3, 0.4) is 0 Å². The highest BCUT2D eigenvalue weighted by Gasteiger charge is 2.26. The molecule has 0 atom stereocenters. The summed E-state index contributed by atoms with van der Waals surface area (Å²) in [5.41, 5.74) is 1.95. The fourth-order valence-corrected chi connectivity index (χ4v) is 4.81. The maximum atomic E-state index is 13.2. The largest absolute Gasteiger partial charge is 0.374 e. The Labute approximate surface area is 208 Å². The molecule has 0 spiro atoms. The van der Waals surface area contributed by atoms with Gasteiger partial charge in [-0.1, -0.05) is 35.0 Å². The molecule has 2 aromatic carbocycles. The SMILES string of the molecule is Cc1ccc(S(=O)(=O)Oc2c(-c3noc(Cc4ccc(F)cc4)n3)nc(Br)c3cccnc23)cc1. The average molecular weight is 555 g/mol. The molecule has 0 aliphatic rings. The number of benzene rings is 2. The molecular weight excluding hydrogens is 539 g/mol. The van der Waals surface area contributed by atoms with Crippen molar-refractivity contribution >= 4 is 37.0 Å². The number of pyridine rings is 2. The molecule has 5 rings (SSSR count). The highest BCUT2D eigenvalue weighted by Crippen LogP contribution is 2.38. The first-order chi connectivity index (χ1) is 16.8.